The van der Waals surface area contributed by atoms with E-state index in [-0.39, 0.29) is 5.69 Å². The minimum atomic E-state index is -0.533. The van der Waals surface area contributed by atoms with Gasteiger partial charge < -0.3 is 5.32 Å². The van der Waals surface area contributed by atoms with Gasteiger partial charge in [0.1, 0.15) is 4.84 Å². The zero-order valence-corrected chi connectivity index (χ0v) is 8.63. The molecule has 1 N–H and O–H groups in total. The molecule has 0 aliphatic heterocycles. The van der Waals surface area contributed by atoms with Crippen LogP contribution in [0.2, 0.25) is 0 Å². The van der Waals surface area contributed by atoms with Crippen LogP contribution in [0.3, 0.4) is 0 Å². The summed E-state index contributed by atoms with van der Waals surface area (Å²) in [5, 5.41) is 13.3. The van der Waals surface area contributed by atoms with Gasteiger partial charge >= 0.3 is 0 Å². The Balaban J connectivity index is 2.69. The molecule has 0 aromatic heterocycles. The Kier molecular flexibility index (Phi) is 3.98. The summed E-state index contributed by atoms with van der Waals surface area (Å²) in [6, 6.07) is 6.15. The van der Waals surface area contributed by atoms with Gasteiger partial charge in [0.05, 0.1) is 4.92 Å². The van der Waals surface area contributed by atoms with Crippen LogP contribution in [0.4, 0.5) is 11.4 Å². The Labute approximate surface area is 91.0 Å². The lowest BCUT2D eigenvalue weighted by molar-refractivity contribution is -0.384. The smallest absolute Gasteiger partial charge is 0.271 e. The molecule has 76 valence electrons. The molecule has 0 aliphatic carbocycles. The van der Waals surface area contributed by atoms with E-state index >= 15 is 0 Å². The van der Waals surface area contributed by atoms with E-state index in [1.165, 1.54) is 12.1 Å². The number of benzene rings is 1. The maximum Gasteiger partial charge on any atom is 0.271 e. The van der Waals surface area contributed by atoms with Crippen molar-refractivity contribution in [1.29, 1.82) is 0 Å². The van der Waals surface area contributed by atoms with Gasteiger partial charge in [-0.3, -0.25) is 10.1 Å². The van der Waals surface area contributed by atoms with Crippen molar-refractivity contribution in [3.8, 4) is 0 Å². The number of anilines is 1. The Morgan fingerprint density at radius 3 is 2.79 bits per heavy atom. The molecule has 4 nitrogen and oxygen atoms in total. The topological polar surface area (TPSA) is 55.2 Å². The van der Waals surface area contributed by atoms with Crippen LogP contribution in [-0.4, -0.2) is 16.3 Å². The second-order valence-electron chi connectivity index (χ2n) is 2.58. The average Bonchev–Trinajstić information content (AvgIpc) is 2.15. The van der Waals surface area contributed by atoms with E-state index in [0.717, 1.165) is 0 Å². The molecule has 0 fully saturated rings. The van der Waals surface area contributed by atoms with Gasteiger partial charge in [-0.25, -0.2) is 0 Å². The Hall–Kier alpha value is -1.000. The van der Waals surface area contributed by atoms with E-state index in [0.29, 0.717) is 12.2 Å². The Morgan fingerprint density at radius 1 is 1.50 bits per heavy atom. The first kappa shape index (κ1) is 11.1. The van der Waals surface area contributed by atoms with Gasteiger partial charge in [0.2, 0.25) is 0 Å². The number of hydrogen-bond acceptors (Lipinski definition) is 3. The average molecular weight is 235 g/mol. The lowest BCUT2D eigenvalue weighted by atomic mass is 10.3. The van der Waals surface area contributed by atoms with Gasteiger partial charge in [-0.2, -0.15) is 0 Å². The molecule has 0 amide bonds. The number of hydrogen-bond donors (Lipinski definition) is 1. The van der Waals surface area contributed by atoms with E-state index in [4.69, 9.17) is 23.2 Å². The van der Waals surface area contributed by atoms with Crippen LogP contribution in [0.15, 0.2) is 24.3 Å². The van der Waals surface area contributed by atoms with E-state index in [2.05, 4.69) is 5.32 Å². The molecular formula is C8H8Cl2N2O2. The van der Waals surface area contributed by atoms with Gasteiger partial charge in [-0.05, 0) is 6.07 Å². The van der Waals surface area contributed by atoms with E-state index in [1.807, 2.05) is 0 Å². The Bertz CT molecular complexity index is 331. The molecule has 1 aromatic carbocycles. The normalized spacial score (nSPS) is 10.2. The van der Waals surface area contributed by atoms with Crippen molar-refractivity contribution in [2.45, 2.75) is 4.84 Å². The zero-order chi connectivity index (χ0) is 10.6. The molecule has 0 saturated heterocycles. The molecule has 0 spiro atoms. The fourth-order valence-electron chi connectivity index (χ4n) is 0.924. The molecule has 14 heavy (non-hydrogen) atoms. The minimum absolute atomic E-state index is 0.0377. The maximum absolute atomic E-state index is 10.4. The van der Waals surface area contributed by atoms with Crippen molar-refractivity contribution in [3.05, 3.63) is 34.4 Å². The standard InChI is InChI=1S/C8H8Cl2N2O2/c9-8(10)5-11-6-2-1-3-7(4-6)12(13)14/h1-4,8,11H,5H2. The molecule has 0 saturated carbocycles. The van der Waals surface area contributed by atoms with Crippen molar-refractivity contribution >= 4 is 34.6 Å². The second-order valence-corrected chi connectivity index (χ2v) is 3.86. The molecular weight excluding hydrogens is 227 g/mol. The first-order chi connectivity index (χ1) is 6.59. The molecule has 1 rings (SSSR count). The van der Waals surface area contributed by atoms with Crippen LogP contribution in [-0.2, 0) is 0 Å². The quantitative estimate of drug-likeness (QED) is 0.496. The van der Waals surface area contributed by atoms with Gasteiger partial charge in [0, 0.05) is 24.4 Å². The van der Waals surface area contributed by atoms with Crippen molar-refractivity contribution in [1.82, 2.24) is 0 Å². The summed E-state index contributed by atoms with van der Waals surface area (Å²) in [4.78, 5) is 9.43. The van der Waals surface area contributed by atoms with Crippen molar-refractivity contribution in [2.75, 3.05) is 11.9 Å². The first-order valence-electron chi connectivity index (χ1n) is 3.86. The third-order valence-electron chi connectivity index (χ3n) is 1.52. The number of rotatable bonds is 4. The van der Waals surface area contributed by atoms with Gasteiger partial charge in [0.15, 0.2) is 0 Å². The van der Waals surface area contributed by atoms with Crippen LogP contribution in [0.1, 0.15) is 0 Å². The molecule has 0 heterocycles. The van der Waals surface area contributed by atoms with Gasteiger partial charge in [-0.1, -0.05) is 6.07 Å². The third kappa shape index (κ3) is 3.40. The number of nitro groups is 1. The molecule has 0 atom stereocenters. The van der Waals surface area contributed by atoms with E-state index in [1.54, 1.807) is 12.1 Å². The zero-order valence-electron chi connectivity index (χ0n) is 7.11. The van der Waals surface area contributed by atoms with Gasteiger partial charge in [-0.15, -0.1) is 23.2 Å². The van der Waals surface area contributed by atoms with Crippen molar-refractivity contribution < 1.29 is 4.92 Å². The number of non-ortho nitro benzene ring substituents is 1. The molecule has 0 unspecified atom stereocenters. The molecule has 0 aliphatic rings. The summed E-state index contributed by atoms with van der Waals surface area (Å²) in [6.07, 6.45) is 0. The fraction of sp³-hybridized carbons (Fsp3) is 0.250. The van der Waals surface area contributed by atoms with Crippen LogP contribution in [0, 0.1) is 10.1 Å². The van der Waals surface area contributed by atoms with Crippen LogP contribution in [0.25, 0.3) is 0 Å². The lowest BCUT2D eigenvalue weighted by Gasteiger charge is -2.05. The highest BCUT2D eigenvalue weighted by Gasteiger charge is 2.05. The van der Waals surface area contributed by atoms with Crippen molar-refractivity contribution in [3.63, 3.8) is 0 Å². The summed E-state index contributed by atoms with van der Waals surface area (Å²) in [6.45, 7) is 0.351. The first-order valence-corrected chi connectivity index (χ1v) is 4.73. The van der Waals surface area contributed by atoms with E-state index < -0.39 is 9.76 Å². The highest BCUT2D eigenvalue weighted by Crippen LogP contribution is 2.17. The van der Waals surface area contributed by atoms with Gasteiger partial charge in [0.25, 0.3) is 5.69 Å². The largest absolute Gasteiger partial charge is 0.382 e. The predicted molar refractivity (Wildman–Crippen MR) is 57.1 cm³/mol. The minimum Gasteiger partial charge on any atom is -0.382 e. The molecule has 1 aromatic rings. The highest BCUT2D eigenvalue weighted by molar-refractivity contribution is 6.44. The predicted octanol–water partition coefficient (Wildman–Crippen LogP) is 2.81. The van der Waals surface area contributed by atoms with Crippen LogP contribution in [0.5, 0.6) is 0 Å². The Morgan fingerprint density at radius 2 is 2.21 bits per heavy atom. The number of nitrogens with one attached hydrogen (secondary N) is 1. The number of nitrogens with zero attached hydrogens (tertiary/aromatic N) is 1. The maximum atomic E-state index is 10.4. The third-order valence-corrected chi connectivity index (χ3v) is 1.83. The second kappa shape index (κ2) is 5.02. The van der Waals surface area contributed by atoms with Crippen LogP contribution < -0.4 is 5.32 Å². The van der Waals surface area contributed by atoms with Crippen molar-refractivity contribution in [2.24, 2.45) is 0 Å². The SMILES string of the molecule is O=[N+]([O-])c1cccc(NCC(Cl)Cl)c1. The number of halogens is 2. The summed E-state index contributed by atoms with van der Waals surface area (Å²) >= 11 is 11.0. The fourth-order valence-corrected chi connectivity index (χ4v) is 1.08. The monoisotopic (exact) mass is 234 g/mol. The summed E-state index contributed by atoms with van der Waals surface area (Å²) in [5.74, 6) is 0. The van der Waals surface area contributed by atoms with E-state index in [9.17, 15) is 10.1 Å². The summed E-state index contributed by atoms with van der Waals surface area (Å²) in [5.41, 5.74) is 0.668. The number of alkyl halides is 2. The lowest BCUT2D eigenvalue weighted by Crippen LogP contribution is -2.08. The summed E-state index contributed by atoms with van der Waals surface area (Å²) < 4.78 is 0. The number of nitro benzene ring substituents is 1. The molecule has 6 heteroatoms. The highest BCUT2D eigenvalue weighted by atomic mass is 35.5. The summed E-state index contributed by atoms with van der Waals surface area (Å²) in [7, 11) is 0. The molecule has 0 bridgehead atoms. The van der Waals surface area contributed by atoms with Crippen LogP contribution >= 0.6 is 23.2 Å². The molecule has 0 radical (unpaired) electrons.